The molecule has 0 saturated carbocycles. The Morgan fingerprint density at radius 2 is 1.34 bits per heavy atom. The van der Waals surface area contributed by atoms with Crippen LogP contribution < -0.4 is 5.32 Å². The molecule has 0 aliphatic carbocycles. The third kappa shape index (κ3) is 4.47. The molecule has 0 atom stereocenters. The highest BCUT2D eigenvalue weighted by atomic mass is 16.4. The van der Waals surface area contributed by atoms with Gasteiger partial charge in [0.2, 0.25) is 17.7 Å². The molecule has 3 aromatic carbocycles. The number of rotatable bonds is 5. The maximum Gasteiger partial charge on any atom is 0.248 e. The lowest BCUT2D eigenvalue weighted by Gasteiger charge is -2.05. The predicted octanol–water partition coefficient (Wildman–Crippen LogP) is 5.45. The normalized spacial score (nSPS) is 11.3. The molecule has 1 heterocycles. The molecule has 5 nitrogen and oxygen atoms in total. The number of carbonyl (C=O) groups excluding carboxylic acids is 1. The topological polar surface area (TPSA) is 68.0 Å². The fraction of sp³-hybridized carbons (Fsp3) is 0.0417. The fourth-order valence-corrected chi connectivity index (χ4v) is 2.89. The number of hydrogen-bond acceptors (Lipinski definition) is 4. The molecule has 29 heavy (non-hydrogen) atoms. The molecule has 0 radical (unpaired) electrons. The molecule has 0 aliphatic rings. The zero-order valence-corrected chi connectivity index (χ0v) is 15.9. The molecule has 5 heteroatoms. The summed E-state index contributed by atoms with van der Waals surface area (Å²) in [5.74, 6) is 0.726. The Morgan fingerprint density at radius 1 is 0.793 bits per heavy atom. The number of hydrogen-bond donors (Lipinski definition) is 1. The van der Waals surface area contributed by atoms with Crippen LogP contribution in [0.25, 0.3) is 28.5 Å². The summed E-state index contributed by atoms with van der Waals surface area (Å²) in [7, 11) is 0. The number of allylic oxidation sites excluding steroid dienone is 1. The van der Waals surface area contributed by atoms with Gasteiger partial charge in [0.25, 0.3) is 0 Å². The molecular formula is C24H19N3O2. The average Bonchev–Trinajstić information content (AvgIpc) is 3.26. The van der Waals surface area contributed by atoms with E-state index in [1.807, 2.05) is 91.9 Å². The van der Waals surface area contributed by atoms with Crippen molar-refractivity contribution in [2.75, 3.05) is 5.32 Å². The van der Waals surface area contributed by atoms with E-state index in [2.05, 4.69) is 15.5 Å². The minimum absolute atomic E-state index is 0.178. The van der Waals surface area contributed by atoms with Gasteiger partial charge in [-0.05, 0) is 54.5 Å². The van der Waals surface area contributed by atoms with Gasteiger partial charge in [0.05, 0.1) is 0 Å². The van der Waals surface area contributed by atoms with Gasteiger partial charge in [0.1, 0.15) is 0 Å². The van der Waals surface area contributed by atoms with Crippen LogP contribution in [0, 0.1) is 0 Å². The van der Waals surface area contributed by atoms with E-state index in [0.717, 1.165) is 22.3 Å². The van der Waals surface area contributed by atoms with E-state index in [0.29, 0.717) is 17.5 Å². The van der Waals surface area contributed by atoms with E-state index in [9.17, 15) is 4.79 Å². The quantitative estimate of drug-likeness (QED) is 0.467. The van der Waals surface area contributed by atoms with Crippen LogP contribution in [-0.2, 0) is 4.79 Å². The van der Waals surface area contributed by atoms with E-state index in [4.69, 9.17) is 4.42 Å². The van der Waals surface area contributed by atoms with E-state index in [-0.39, 0.29) is 5.91 Å². The van der Waals surface area contributed by atoms with Gasteiger partial charge >= 0.3 is 0 Å². The standard InChI is InChI=1S/C24H19N3O2/c1-17(18-8-4-2-5-9-18)16-22(28)25-21-14-12-20(13-15-21)24-27-26-23(29-24)19-10-6-3-7-11-19/h2-16H,1H3,(H,25,28). The zero-order valence-electron chi connectivity index (χ0n) is 15.9. The largest absolute Gasteiger partial charge is 0.416 e. The number of benzene rings is 3. The summed E-state index contributed by atoms with van der Waals surface area (Å²) < 4.78 is 5.76. The summed E-state index contributed by atoms with van der Waals surface area (Å²) in [6, 6.07) is 26.7. The first kappa shape index (κ1) is 18.4. The molecule has 1 amide bonds. The van der Waals surface area contributed by atoms with E-state index < -0.39 is 0 Å². The average molecular weight is 381 g/mol. The van der Waals surface area contributed by atoms with Gasteiger partial charge in [-0.15, -0.1) is 10.2 Å². The monoisotopic (exact) mass is 381 g/mol. The highest BCUT2D eigenvalue weighted by molar-refractivity contribution is 6.03. The molecular weight excluding hydrogens is 362 g/mol. The van der Waals surface area contributed by atoms with Crippen molar-refractivity contribution in [2.45, 2.75) is 6.92 Å². The van der Waals surface area contributed by atoms with Crippen LogP contribution in [0.1, 0.15) is 12.5 Å². The van der Waals surface area contributed by atoms with Gasteiger partial charge in [0, 0.05) is 22.9 Å². The molecule has 0 spiro atoms. The molecule has 1 N–H and O–H groups in total. The maximum atomic E-state index is 12.3. The van der Waals surface area contributed by atoms with Crippen molar-refractivity contribution in [3.8, 4) is 22.9 Å². The van der Waals surface area contributed by atoms with Crippen molar-refractivity contribution in [1.82, 2.24) is 10.2 Å². The minimum atomic E-state index is -0.178. The van der Waals surface area contributed by atoms with Crippen molar-refractivity contribution in [2.24, 2.45) is 0 Å². The van der Waals surface area contributed by atoms with Gasteiger partial charge in [-0.25, -0.2) is 0 Å². The number of carbonyl (C=O) groups is 1. The van der Waals surface area contributed by atoms with E-state index in [1.165, 1.54) is 0 Å². The molecule has 142 valence electrons. The van der Waals surface area contributed by atoms with Crippen molar-refractivity contribution < 1.29 is 9.21 Å². The Morgan fingerprint density at radius 3 is 1.97 bits per heavy atom. The van der Waals surface area contributed by atoms with Crippen molar-refractivity contribution in [3.05, 3.63) is 96.6 Å². The molecule has 4 rings (SSSR count). The summed E-state index contributed by atoms with van der Waals surface area (Å²) in [4.78, 5) is 12.3. The van der Waals surface area contributed by atoms with Crippen LogP contribution in [0.5, 0.6) is 0 Å². The highest BCUT2D eigenvalue weighted by Crippen LogP contribution is 2.24. The van der Waals surface area contributed by atoms with Crippen LogP contribution in [0.4, 0.5) is 5.69 Å². The molecule has 0 unspecified atom stereocenters. The molecule has 0 bridgehead atoms. The summed E-state index contributed by atoms with van der Waals surface area (Å²) in [6.07, 6.45) is 1.59. The smallest absolute Gasteiger partial charge is 0.248 e. The van der Waals surface area contributed by atoms with Crippen LogP contribution in [-0.4, -0.2) is 16.1 Å². The van der Waals surface area contributed by atoms with Gasteiger partial charge in [0.15, 0.2) is 0 Å². The summed E-state index contributed by atoms with van der Waals surface area (Å²) in [5, 5.41) is 11.1. The number of nitrogens with zero attached hydrogens (tertiary/aromatic N) is 2. The number of anilines is 1. The van der Waals surface area contributed by atoms with Crippen molar-refractivity contribution in [1.29, 1.82) is 0 Å². The van der Waals surface area contributed by atoms with Crippen LogP contribution in [0.3, 0.4) is 0 Å². The first-order chi connectivity index (χ1) is 14.2. The number of aromatic nitrogens is 2. The van der Waals surface area contributed by atoms with Crippen LogP contribution in [0.2, 0.25) is 0 Å². The maximum absolute atomic E-state index is 12.3. The Kier molecular flexibility index (Phi) is 5.29. The Labute approximate surface area is 168 Å². The first-order valence-electron chi connectivity index (χ1n) is 9.23. The van der Waals surface area contributed by atoms with Crippen molar-refractivity contribution >= 4 is 17.2 Å². The van der Waals surface area contributed by atoms with E-state index in [1.54, 1.807) is 6.08 Å². The van der Waals surface area contributed by atoms with Crippen LogP contribution >= 0.6 is 0 Å². The van der Waals surface area contributed by atoms with E-state index >= 15 is 0 Å². The molecule has 0 saturated heterocycles. The van der Waals surface area contributed by atoms with Gasteiger partial charge < -0.3 is 9.73 Å². The third-order valence-corrected chi connectivity index (χ3v) is 4.42. The lowest BCUT2D eigenvalue weighted by atomic mass is 10.1. The Bertz CT molecular complexity index is 1130. The van der Waals surface area contributed by atoms with Crippen LogP contribution in [0.15, 0.2) is 95.4 Å². The summed E-state index contributed by atoms with van der Waals surface area (Å²) >= 11 is 0. The number of nitrogens with one attached hydrogen (secondary N) is 1. The Balaban J connectivity index is 1.44. The minimum Gasteiger partial charge on any atom is -0.416 e. The second-order valence-corrected chi connectivity index (χ2v) is 6.54. The van der Waals surface area contributed by atoms with Gasteiger partial charge in [-0.1, -0.05) is 48.5 Å². The fourth-order valence-electron chi connectivity index (χ4n) is 2.89. The lowest BCUT2D eigenvalue weighted by molar-refractivity contribution is -0.111. The van der Waals surface area contributed by atoms with Gasteiger partial charge in [-0.2, -0.15) is 0 Å². The second-order valence-electron chi connectivity index (χ2n) is 6.54. The first-order valence-corrected chi connectivity index (χ1v) is 9.23. The summed E-state index contributed by atoms with van der Waals surface area (Å²) in [6.45, 7) is 1.91. The molecule has 0 aliphatic heterocycles. The van der Waals surface area contributed by atoms with Crippen molar-refractivity contribution in [3.63, 3.8) is 0 Å². The summed E-state index contributed by atoms with van der Waals surface area (Å²) in [5.41, 5.74) is 4.27. The van der Waals surface area contributed by atoms with Gasteiger partial charge in [-0.3, -0.25) is 4.79 Å². The molecule has 1 aromatic heterocycles. The lowest BCUT2D eigenvalue weighted by Crippen LogP contribution is -2.08. The zero-order chi connectivity index (χ0) is 20.1. The molecule has 0 fully saturated rings. The predicted molar refractivity (Wildman–Crippen MR) is 114 cm³/mol. The SMILES string of the molecule is CC(=CC(=O)Nc1ccc(-c2nnc(-c3ccccc3)o2)cc1)c1ccccc1. The number of amides is 1. The highest BCUT2D eigenvalue weighted by Gasteiger charge is 2.10. The molecule has 4 aromatic rings. The second kappa shape index (κ2) is 8.35. The third-order valence-electron chi connectivity index (χ3n) is 4.42. The Hall–Kier alpha value is -3.99.